The third-order valence-corrected chi connectivity index (χ3v) is 3.41. The van der Waals surface area contributed by atoms with E-state index in [1.807, 2.05) is 42.5 Å². The van der Waals surface area contributed by atoms with Gasteiger partial charge in [-0.25, -0.2) is 4.79 Å². The molecule has 0 spiro atoms. The van der Waals surface area contributed by atoms with E-state index in [4.69, 9.17) is 15.6 Å². The highest BCUT2D eigenvalue weighted by molar-refractivity contribution is 5.73. The molecule has 0 aliphatic rings. The molecule has 0 aromatic heterocycles. The van der Waals surface area contributed by atoms with Gasteiger partial charge in [0, 0.05) is 6.54 Å². The van der Waals surface area contributed by atoms with Crippen LogP contribution >= 0.6 is 0 Å². The van der Waals surface area contributed by atoms with Crippen molar-refractivity contribution in [2.75, 3.05) is 0 Å². The molecule has 2 aromatic carbocycles. The number of ether oxygens (including phenoxy) is 1. The molecule has 0 fully saturated rings. The zero-order valence-electron chi connectivity index (χ0n) is 13.1. The quantitative estimate of drug-likeness (QED) is 0.722. The molecule has 0 aliphatic heterocycles. The van der Waals surface area contributed by atoms with Gasteiger partial charge in [-0.05, 0) is 23.1 Å². The normalized spacial score (nSPS) is 11.5. The molecule has 6 nitrogen and oxygen atoms in total. The van der Waals surface area contributed by atoms with Crippen molar-refractivity contribution in [3.8, 4) is 0 Å². The average Bonchev–Trinajstić information content (AvgIpc) is 2.59. The third kappa shape index (κ3) is 5.73. The minimum atomic E-state index is -1.04. The molecular formula is C18H20N2O4. The molecule has 0 saturated carbocycles. The maximum atomic E-state index is 11.7. The van der Waals surface area contributed by atoms with Crippen molar-refractivity contribution >= 4 is 12.1 Å². The summed E-state index contributed by atoms with van der Waals surface area (Å²) in [4.78, 5) is 22.5. The standard InChI is InChI=1S/C18H20N2O4/c19-16(17(21)22)10-14-7-4-8-15(9-14)11-20-18(23)24-12-13-5-2-1-3-6-13/h1-9,16H,10-12,19H2,(H,20,23)(H,21,22). The molecule has 126 valence electrons. The highest BCUT2D eigenvalue weighted by Gasteiger charge is 2.12. The minimum absolute atomic E-state index is 0.209. The number of carbonyl (C=O) groups is 2. The molecule has 2 rings (SSSR count). The number of hydrogen-bond donors (Lipinski definition) is 3. The molecule has 0 saturated heterocycles. The van der Waals surface area contributed by atoms with Gasteiger partial charge >= 0.3 is 12.1 Å². The van der Waals surface area contributed by atoms with Gasteiger partial charge in [0.25, 0.3) is 0 Å². The van der Waals surface area contributed by atoms with Gasteiger partial charge in [-0.1, -0.05) is 54.6 Å². The monoisotopic (exact) mass is 328 g/mol. The first-order chi connectivity index (χ1) is 11.5. The Morgan fingerprint density at radius 2 is 1.71 bits per heavy atom. The fraction of sp³-hybridized carbons (Fsp3) is 0.222. The number of nitrogens with one attached hydrogen (secondary N) is 1. The van der Waals surface area contributed by atoms with Crippen LogP contribution in [0, 0.1) is 0 Å². The van der Waals surface area contributed by atoms with Crippen LogP contribution in [0.1, 0.15) is 16.7 Å². The zero-order valence-corrected chi connectivity index (χ0v) is 13.1. The number of rotatable bonds is 7. The van der Waals surface area contributed by atoms with E-state index >= 15 is 0 Å². The molecule has 0 radical (unpaired) electrons. The van der Waals surface area contributed by atoms with Crippen molar-refractivity contribution in [3.05, 3.63) is 71.3 Å². The van der Waals surface area contributed by atoms with E-state index in [0.717, 1.165) is 16.7 Å². The van der Waals surface area contributed by atoms with Gasteiger partial charge < -0.3 is 20.9 Å². The van der Waals surface area contributed by atoms with Crippen LogP contribution < -0.4 is 11.1 Å². The number of carbonyl (C=O) groups excluding carboxylic acids is 1. The van der Waals surface area contributed by atoms with E-state index in [2.05, 4.69) is 5.32 Å². The molecule has 4 N–H and O–H groups in total. The number of amides is 1. The first kappa shape index (κ1) is 17.5. The smallest absolute Gasteiger partial charge is 0.407 e. The molecule has 0 bridgehead atoms. The van der Waals surface area contributed by atoms with Crippen molar-refractivity contribution in [2.24, 2.45) is 5.73 Å². The summed E-state index contributed by atoms with van der Waals surface area (Å²) in [6, 6.07) is 15.7. The number of hydrogen-bond acceptors (Lipinski definition) is 4. The predicted octanol–water partition coefficient (Wildman–Crippen LogP) is 2.07. The molecule has 24 heavy (non-hydrogen) atoms. The Hall–Kier alpha value is -2.86. The van der Waals surface area contributed by atoms with E-state index in [9.17, 15) is 9.59 Å². The van der Waals surface area contributed by atoms with E-state index in [0.29, 0.717) is 6.54 Å². The van der Waals surface area contributed by atoms with E-state index in [-0.39, 0.29) is 13.0 Å². The molecule has 1 atom stereocenters. The van der Waals surface area contributed by atoms with E-state index in [1.165, 1.54) is 0 Å². The molecule has 1 amide bonds. The van der Waals surface area contributed by atoms with Crippen LogP contribution in [0.5, 0.6) is 0 Å². The van der Waals surface area contributed by atoms with Crippen LogP contribution in [-0.2, 0) is 29.1 Å². The molecule has 0 aliphatic carbocycles. The first-order valence-electron chi connectivity index (χ1n) is 7.55. The van der Waals surface area contributed by atoms with Crippen LogP contribution in [0.3, 0.4) is 0 Å². The second-order valence-electron chi connectivity index (χ2n) is 5.38. The predicted molar refractivity (Wildman–Crippen MR) is 89.2 cm³/mol. The summed E-state index contributed by atoms with van der Waals surface area (Å²) in [5.41, 5.74) is 8.10. The van der Waals surface area contributed by atoms with Crippen LogP contribution in [0.15, 0.2) is 54.6 Å². The van der Waals surface area contributed by atoms with Crippen LogP contribution in [0.2, 0.25) is 0 Å². The fourth-order valence-corrected chi connectivity index (χ4v) is 2.16. The number of carboxylic acid groups (broad SMARTS) is 1. The molecule has 2 aromatic rings. The SMILES string of the molecule is NC(Cc1cccc(CNC(=O)OCc2ccccc2)c1)C(=O)O. The molecular weight excluding hydrogens is 308 g/mol. The van der Waals surface area contributed by atoms with Crippen LogP contribution in [0.4, 0.5) is 4.79 Å². The Balaban J connectivity index is 1.81. The van der Waals surface area contributed by atoms with Crippen molar-refractivity contribution in [2.45, 2.75) is 25.6 Å². The maximum Gasteiger partial charge on any atom is 0.407 e. The van der Waals surface area contributed by atoms with Crippen LogP contribution in [-0.4, -0.2) is 23.2 Å². The second-order valence-corrected chi connectivity index (χ2v) is 5.38. The Bertz CT molecular complexity index is 688. The van der Waals surface area contributed by atoms with Crippen molar-refractivity contribution < 1.29 is 19.4 Å². The number of aliphatic carboxylic acids is 1. The van der Waals surface area contributed by atoms with Crippen molar-refractivity contribution in [3.63, 3.8) is 0 Å². The Morgan fingerprint density at radius 1 is 1.04 bits per heavy atom. The molecule has 0 heterocycles. The summed E-state index contributed by atoms with van der Waals surface area (Å²) in [7, 11) is 0. The topological polar surface area (TPSA) is 102 Å². The summed E-state index contributed by atoms with van der Waals surface area (Å²) in [5, 5.41) is 11.5. The average molecular weight is 328 g/mol. The number of benzene rings is 2. The lowest BCUT2D eigenvalue weighted by Crippen LogP contribution is -2.32. The third-order valence-electron chi connectivity index (χ3n) is 3.41. The number of nitrogens with two attached hydrogens (primary N) is 1. The van der Waals surface area contributed by atoms with Gasteiger partial charge in [-0.3, -0.25) is 4.79 Å². The largest absolute Gasteiger partial charge is 0.480 e. The zero-order chi connectivity index (χ0) is 17.4. The van der Waals surface area contributed by atoms with Gasteiger partial charge in [-0.2, -0.15) is 0 Å². The fourth-order valence-electron chi connectivity index (χ4n) is 2.16. The first-order valence-corrected chi connectivity index (χ1v) is 7.55. The second kappa shape index (κ2) is 8.69. The highest BCUT2D eigenvalue weighted by Crippen LogP contribution is 2.08. The summed E-state index contributed by atoms with van der Waals surface area (Å²) in [5.74, 6) is -1.04. The Morgan fingerprint density at radius 3 is 2.42 bits per heavy atom. The van der Waals surface area contributed by atoms with Gasteiger partial charge in [0.1, 0.15) is 12.6 Å². The Labute approximate surface area is 140 Å². The lowest BCUT2D eigenvalue weighted by Gasteiger charge is -2.10. The maximum absolute atomic E-state index is 11.7. The van der Waals surface area contributed by atoms with Crippen molar-refractivity contribution in [1.82, 2.24) is 5.32 Å². The van der Waals surface area contributed by atoms with Gasteiger partial charge in [0.05, 0.1) is 0 Å². The summed E-state index contributed by atoms with van der Waals surface area (Å²) >= 11 is 0. The lowest BCUT2D eigenvalue weighted by molar-refractivity contribution is -0.138. The van der Waals surface area contributed by atoms with Gasteiger partial charge in [-0.15, -0.1) is 0 Å². The molecule has 1 unspecified atom stereocenters. The minimum Gasteiger partial charge on any atom is -0.480 e. The lowest BCUT2D eigenvalue weighted by atomic mass is 10.0. The van der Waals surface area contributed by atoms with Crippen molar-refractivity contribution in [1.29, 1.82) is 0 Å². The highest BCUT2D eigenvalue weighted by atomic mass is 16.5. The van der Waals surface area contributed by atoms with Gasteiger partial charge in [0.15, 0.2) is 0 Å². The Kier molecular flexibility index (Phi) is 6.33. The van der Waals surface area contributed by atoms with Crippen LogP contribution in [0.25, 0.3) is 0 Å². The van der Waals surface area contributed by atoms with Gasteiger partial charge in [0.2, 0.25) is 0 Å². The molecule has 6 heteroatoms. The van der Waals surface area contributed by atoms with E-state index in [1.54, 1.807) is 12.1 Å². The summed E-state index contributed by atoms with van der Waals surface area (Å²) in [6.07, 6.45) is -0.270. The number of carboxylic acids is 1. The summed E-state index contributed by atoms with van der Waals surface area (Å²) < 4.78 is 5.13. The number of alkyl carbamates (subject to hydrolysis) is 1. The summed E-state index contributed by atoms with van der Waals surface area (Å²) in [6.45, 7) is 0.504. The van der Waals surface area contributed by atoms with E-state index < -0.39 is 18.1 Å².